The third kappa shape index (κ3) is 4.17. The molecule has 1 aliphatic rings. The molecule has 0 aromatic rings. The molecule has 0 radical (unpaired) electrons. The minimum atomic E-state index is 0.396. The Morgan fingerprint density at radius 2 is 1.79 bits per heavy atom. The number of methoxy groups -OCH3 is 1. The molecule has 1 unspecified atom stereocenters. The first-order chi connectivity index (χ1) is 9.25. The minimum absolute atomic E-state index is 0.396. The molecule has 0 heterocycles. The van der Waals surface area contributed by atoms with Crippen LogP contribution in [0.3, 0.4) is 0 Å². The lowest BCUT2D eigenvalue weighted by molar-refractivity contribution is 0.0560. The third-order valence-corrected chi connectivity index (χ3v) is 4.80. The van der Waals surface area contributed by atoms with Crippen LogP contribution in [-0.2, 0) is 4.74 Å². The Morgan fingerprint density at radius 3 is 2.26 bits per heavy atom. The molecule has 0 amide bonds. The predicted octanol–water partition coefficient (Wildman–Crippen LogP) is 3.05. The lowest BCUT2D eigenvalue weighted by Crippen LogP contribution is -2.60. The maximum Gasteiger partial charge on any atom is 0.0462 e. The Bertz CT molecular complexity index is 223. The molecule has 0 aromatic carbocycles. The zero-order chi connectivity index (χ0) is 14.1. The van der Waals surface area contributed by atoms with Crippen LogP contribution in [-0.4, -0.2) is 49.8 Å². The lowest BCUT2D eigenvalue weighted by Gasteiger charge is -2.47. The van der Waals surface area contributed by atoms with Crippen LogP contribution < -0.4 is 5.32 Å². The van der Waals surface area contributed by atoms with Crippen LogP contribution in [0.15, 0.2) is 0 Å². The van der Waals surface area contributed by atoms with Crippen LogP contribution in [0, 0.1) is 0 Å². The van der Waals surface area contributed by atoms with E-state index < -0.39 is 0 Å². The molecule has 0 bridgehead atoms. The van der Waals surface area contributed by atoms with E-state index in [0.717, 1.165) is 19.6 Å². The second kappa shape index (κ2) is 8.93. The topological polar surface area (TPSA) is 24.5 Å². The maximum atomic E-state index is 5.24. The number of nitrogens with zero attached hydrogens (tertiary/aromatic N) is 1. The smallest absolute Gasteiger partial charge is 0.0462 e. The third-order valence-electron chi connectivity index (χ3n) is 4.80. The van der Waals surface area contributed by atoms with Gasteiger partial charge in [0.25, 0.3) is 0 Å². The fraction of sp³-hybridized carbons (Fsp3) is 1.00. The molecule has 1 N–H and O–H groups in total. The predicted molar refractivity (Wildman–Crippen MR) is 82.7 cm³/mol. The highest BCUT2D eigenvalue weighted by Gasteiger charge is 2.44. The summed E-state index contributed by atoms with van der Waals surface area (Å²) in [6.07, 6.45) is 7.90. The first-order valence-electron chi connectivity index (χ1n) is 8.22. The van der Waals surface area contributed by atoms with Gasteiger partial charge in [-0.15, -0.1) is 0 Å². The summed E-state index contributed by atoms with van der Waals surface area (Å²) >= 11 is 0. The van der Waals surface area contributed by atoms with Crippen LogP contribution in [0.5, 0.6) is 0 Å². The monoisotopic (exact) mass is 270 g/mol. The minimum Gasteiger partial charge on any atom is -0.385 e. The van der Waals surface area contributed by atoms with Gasteiger partial charge in [-0.1, -0.05) is 33.6 Å². The highest BCUT2D eigenvalue weighted by Crippen LogP contribution is 2.39. The van der Waals surface area contributed by atoms with Crippen LogP contribution in [0.4, 0.5) is 0 Å². The molecule has 1 rings (SSSR count). The van der Waals surface area contributed by atoms with Gasteiger partial charge in [0.15, 0.2) is 0 Å². The summed E-state index contributed by atoms with van der Waals surface area (Å²) in [5, 5.41) is 3.78. The largest absolute Gasteiger partial charge is 0.385 e. The average molecular weight is 270 g/mol. The molecule has 114 valence electrons. The number of likely N-dealkylation sites (N-methyl/N-ethyl adjacent to an activating group) is 2. The molecule has 0 spiro atoms. The molecule has 1 atom stereocenters. The van der Waals surface area contributed by atoms with Crippen molar-refractivity contribution in [3.8, 4) is 0 Å². The molecule has 3 nitrogen and oxygen atoms in total. The van der Waals surface area contributed by atoms with Gasteiger partial charge >= 0.3 is 0 Å². The van der Waals surface area contributed by atoms with Gasteiger partial charge in [-0.05, 0) is 45.3 Å². The Labute approximate surface area is 120 Å². The van der Waals surface area contributed by atoms with Crippen molar-refractivity contribution in [2.45, 2.75) is 70.9 Å². The summed E-state index contributed by atoms with van der Waals surface area (Å²) < 4.78 is 5.24. The van der Waals surface area contributed by atoms with Crippen molar-refractivity contribution in [2.75, 3.05) is 33.4 Å². The van der Waals surface area contributed by atoms with Crippen molar-refractivity contribution in [1.29, 1.82) is 0 Å². The van der Waals surface area contributed by atoms with Crippen molar-refractivity contribution in [3.05, 3.63) is 0 Å². The van der Waals surface area contributed by atoms with Crippen LogP contribution in [0.1, 0.15) is 59.3 Å². The van der Waals surface area contributed by atoms with Gasteiger partial charge in [0, 0.05) is 25.3 Å². The second-order valence-electron chi connectivity index (χ2n) is 5.73. The second-order valence-corrected chi connectivity index (χ2v) is 5.73. The van der Waals surface area contributed by atoms with E-state index in [1.54, 1.807) is 7.11 Å². The van der Waals surface area contributed by atoms with Gasteiger partial charge in [-0.25, -0.2) is 0 Å². The fourth-order valence-electron chi connectivity index (χ4n) is 3.96. The first-order valence-corrected chi connectivity index (χ1v) is 8.22. The summed E-state index contributed by atoms with van der Waals surface area (Å²) in [5.41, 5.74) is 0.396. The van der Waals surface area contributed by atoms with Gasteiger partial charge < -0.3 is 10.1 Å². The number of ether oxygens (including phenoxy) is 1. The Kier molecular flexibility index (Phi) is 7.96. The lowest BCUT2D eigenvalue weighted by atomic mass is 9.83. The van der Waals surface area contributed by atoms with Gasteiger partial charge in [0.05, 0.1) is 0 Å². The van der Waals surface area contributed by atoms with E-state index >= 15 is 0 Å². The Balaban J connectivity index is 2.78. The summed E-state index contributed by atoms with van der Waals surface area (Å²) in [6.45, 7) is 11.1. The van der Waals surface area contributed by atoms with Crippen molar-refractivity contribution in [3.63, 3.8) is 0 Å². The summed E-state index contributed by atoms with van der Waals surface area (Å²) in [4.78, 5) is 2.71. The van der Waals surface area contributed by atoms with Crippen molar-refractivity contribution >= 4 is 0 Å². The van der Waals surface area contributed by atoms with E-state index in [0.29, 0.717) is 11.6 Å². The van der Waals surface area contributed by atoms with Gasteiger partial charge in [-0.2, -0.15) is 0 Å². The van der Waals surface area contributed by atoms with Crippen molar-refractivity contribution < 1.29 is 4.74 Å². The van der Waals surface area contributed by atoms with E-state index in [9.17, 15) is 0 Å². The van der Waals surface area contributed by atoms with E-state index in [4.69, 9.17) is 4.74 Å². The molecule has 0 aromatic heterocycles. The molecule has 1 saturated carbocycles. The molecule has 0 saturated heterocycles. The maximum absolute atomic E-state index is 5.24. The summed E-state index contributed by atoms with van der Waals surface area (Å²) in [6, 6.07) is 0.620. The quantitative estimate of drug-likeness (QED) is 0.618. The van der Waals surface area contributed by atoms with Crippen molar-refractivity contribution in [2.24, 2.45) is 0 Å². The molecule has 3 heteroatoms. The molecule has 19 heavy (non-hydrogen) atoms. The van der Waals surface area contributed by atoms with E-state index in [1.807, 2.05) is 0 Å². The fourth-order valence-corrected chi connectivity index (χ4v) is 3.96. The molecule has 0 aliphatic heterocycles. The van der Waals surface area contributed by atoms with E-state index in [1.165, 1.54) is 45.2 Å². The SMILES string of the molecule is CCNC(CCCOC)C1(N(CC)CC)CCCC1. The highest BCUT2D eigenvalue weighted by atomic mass is 16.5. The number of hydrogen-bond donors (Lipinski definition) is 1. The zero-order valence-corrected chi connectivity index (χ0v) is 13.5. The van der Waals surface area contributed by atoms with E-state index in [2.05, 4.69) is 31.0 Å². The van der Waals surface area contributed by atoms with Gasteiger partial charge in [0.2, 0.25) is 0 Å². The molecule has 1 fully saturated rings. The van der Waals surface area contributed by atoms with Crippen LogP contribution in [0.25, 0.3) is 0 Å². The highest BCUT2D eigenvalue weighted by molar-refractivity contribution is 5.03. The van der Waals surface area contributed by atoms with Crippen LogP contribution >= 0.6 is 0 Å². The van der Waals surface area contributed by atoms with Gasteiger partial charge in [0.1, 0.15) is 0 Å². The zero-order valence-electron chi connectivity index (χ0n) is 13.5. The first kappa shape index (κ1) is 16.9. The van der Waals surface area contributed by atoms with Crippen molar-refractivity contribution in [1.82, 2.24) is 10.2 Å². The average Bonchev–Trinajstić information content (AvgIpc) is 2.90. The normalized spacial score (nSPS) is 20.1. The molecular weight excluding hydrogens is 236 g/mol. The number of rotatable bonds is 10. The number of hydrogen-bond acceptors (Lipinski definition) is 3. The Hall–Kier alpha value is -0.120. The standard InChI is InChI=1S/C16H34N2O/c1-5-17-15(11-10-14-19-4)16(12-8-9-13-16)18(6-2)7-3/h15,17H,5-14H2,1-4H3. The summed E-state index contributed by atoms with van der Waals surface area (Å²) in [7, 11) is 1.80. The van der Waals surface area contributed by atoms with E-state index in [-0.39, 0.29) is 0 Å². The van der Waals surface area contributed by atoms with Crippen LogP contribution in [0.2, 0.25) is 0 Å². The number of nitrogens with one attached hydrogen (secondary N) is 1. The van der Waals surface area contributed by atoms with Gasteiger partial charge in [-0.3, -0.25) is 4.90 Å². The Morgan fingerprint density at radius 1 is 1.16 bits per heavy atom. The molecular formula is C16H34N2O. The molecule has 1 aliphatic carbocycles. The summed E-state index contributed by atoms with van der Waals surface area (Å²) in [5.74, 6) is 0.